The van der Waals surface area contributed by atoms with Crippen LogP contribution >= 0.6 is 0 Å². The molecule has 0 spiro atoms. The summed E-state index contributed by atoms with van der Waals surface area (Å²) in [6.07, 6.45) is 4.97. The monoisotopic (exact) mass is 290 g/mol. The molecule has 2 N–H and O–H groups in total. The van der Waals surface area contributed by atoms with Crippen LogP contribution < -0.4 is 5.32 Å². The summed E-state index contributed by atoms with van der Waals surface area (Å²) < 4.78 is 0. The van der Waals surface area contributed by atoms with Crippen LogP contribution in [0.15, 0.2) is 24.3 Å². The van der Waals surface area contributed by atoms with Gasteiger partial charge in [-0.3, -0.25) is 4.79 Å². The van der Waals surface area contributed by atoms with Crippen LogP contribution in [0.5, 0.6) is 5.75 Å². The molecule has 0 aliphatic carbocycles. The Bertz CT molecular complexity index is 456. The number of hydrogen-bond acceptors (Lipinski definition) is 3. The van der Waals surface area contributed by atoms with Crippen molar-refractivity contribution in [1.29, 1.82) is 0 Å². The molecule has 1 heterocycles. The molecule has 21 heavy (non-hydrogen) atoms. The van der Waals surface area contributed by atoms with E-state index in [-0.39, 0.29) is 11.7 Å². The molecule has 0 saturated carbocycles. The van der Waals surface area contributed by atoms with Gasteiger partial charge in [-0.1, -0.05) is 25.5 Å². The first kappa shape index (κ1) is 15.8. The van der Waals surface area contributed by atoms with Crippen molar-refractivity contribution in [1.82, 2.24) is 10.2 Å². The number of aromatic hydroxyl groups is 1. The highest BCUT2D eigenvalue weighted by atomic mass is 16.3. The summed E-state index contributed by atoms with van der Waals surface area (Å²) in [4.78, 5) is 14.5. The van der Waals surface area contributed by atoms with E-state index in [9.17, 15) is 9.90 Å². The standard InChI is InChI=1S/C17H26N2O2/c1-2-10-19(13-15-7-3-4-9-18-15)17(21)12-14-6-5-8-16(20)11-14/h5-6,8,11,15,18,20H,2-4,7,9-10,12-13H2,1H3. The molecule has 1 aliphatic heterocycles. The van der Waals surface area contributed by atoms with Crippen molar-refractivity contribution in [3.8, 4) is 5.75 Å². The molecule has 4 heteroatoms. The van der Waals surface area contributed by atoms with Gasteiger partial charge >= 0.3 is 0 Å². The predicted octanol–water partition coefficient (Wildman–Crippen LogP) is 2.32. The molecule has 1 atom stereocenters. The zero-order chi connectivity index (χ0) is 15.1. The van der Waals surface area contributed by atoms with Crippen LogP contribution in [0.3, 0.4) is 0 Å². The van der Waals surface area contributed by atoms with Gasteiger partial charge in [0, 0.05) is 19.1 Å². The number of nitrogens with one attached hydrogen (secondary N) is 1. The molecule has 1 fully saturated rings. The number of hydrogen-bond donors (Lipinski definition) is 2. The normalized spacial score (nSPS) is 18.4. The SMILES string of the molecule is CCCN(CC1CCCCN1)C(=O)Cc1cccc(O)c1. The number of rotatable bonds is 6. The fourth-order valence-corrected chi connectivity index (χ4v) is 2.89. The van der Waals surface area contributed by atoms with Gasteiger partial charge in [-0.2, -0.15) is 0 Å². The quantitative estimate of drug-likeness (QED) is 0.845. The molecule has 4 nitrogen and oxygen atoms in total. The molecule has 1 unspecified atom stereocenters. The molecule has 0 bridgehead atoms. The number of carbonyl (C=O) groups is 1. The topological polar surface area (TPSA) is 52.6 Å². The van der Waals surface area contributed by atoms with E-state index in [2.05, 4.69) is 12.2 Å². The summed E-state index contributed by atoms with van der Waals surface area (Å²) >= 11 is 0. The molecule has 116 valence electrons. The van der Waals surface area contributed by atoms with Gasteiger partial charge in [0.05, 0.1) is 6.42 Å². The van der Waals surface area contributed by atoms with Crippen LogP contribution in [0.2, 0.25) is 0 Å². The highest BCUT2D eigenvalue weighted by Crippen LogP contribution is 2.14. The second-order valence-corrected chi connectivity index (χ2v) is 5.83. The molecule has 2 rings (SSSR count). The van der Waals surface area contributed by atoms with E-state index in [1.165, 1.54) is 12.8 Å². The lowest BCUT2D eigenvalue weighted by atomic mass is 10.0. The van der Waals surface area contributed by atoms with Crippen molar-refractivity contribution in [3.05, 3.63) is 29.8 Å². The minimum absolute atomic E-state index is 0.148. The Labute approximate surface area is 127 Å². The van der Waals surface area contributed by atoms with Crippen molar-refractivity contribution in [3.63, 3.8) is 0 Å². The third-order valence-corrected chi connectivity index (χ3v) is 3.97. The molecule has 1 aliphatic rings. The van der Waals surface area contributed by atoms with Crippen molar-refractivity contribution < 1.29 is 9.90 Å². The first-order valence-corrected chi connectivity index (χ1v) is 7.98. The Balaban J connectivity index is 1.94. The van der Waals surface area contributed by atoms with Crippen molar-refractivity contribution in [2.24, 2.45) is 0 Å². The molecular weight excluding hydrogens is 264 g/mol. The van der Waals surface area contributed by atoms with E-state index in [1.54, 1.807) is 18.2 Å². The Morgan fingerprint density at radius 2 is 2.29 bits per heavy atom. The molecule has 0 aromatic heterocycles. The highest BCUT2D eigenvalue weighted by Gasteiger charge is 2.20. The molecule has 1 saturated heterocycles. The van der Waals surface area contributed by atoms with E-state index in [4.69, 9.17) is 0 Å². The van der Waals surface area contributed by atoms with Gasteiger partial charge in [0.2, 0.25) is 5.91 Å². The van der Waals surface area contributed by atoms with Gasteiger partial charge in [0.15, 0.2) is 0 Å². The number of phenolic OH excluding ortho intramolecular Hbond substituents is 1. The summed E-state index contributed by atoms with van der Waals surface area (Å²) in [6, 6.07) is 7.40. The maximum Gasteiger partial charge on any atom is 0.227 e. The first-order chi connectivity index (χ1) is 10.2. The molecule has 0 radical (unpaired) electrons. The second-order valence-electron chi connectivity index (χ2n) is 5.83. The fraction of sp³-hybridized carbons (Fsp3) is 0.588. The summed E-state index contributed by atoms with van der Waals surface area (Å²) in [7, 11) is 0. The van der Waals surface area contributed by atoms with Crippen LogP contribution in [0.4, 0.5) is 0 Å². The maximum absolute atomic E-state index is 12.5. The smallest absolute Gasteiger partial charge is 0.227 e. The van der Waals surface area contributed by atoms with Crippen LogP contribution in [0.1, 0.15) is 38.2 Å². The summed E-state index contributed by atoms with van der Waals surface area (Å²) in [6.45, 7) is 4.76. The zero-order valence-electron chi connectivity index (χ0n) is 12.8. The number of amides is 1. The van der Waals surface area contributed by atoms with Crippen molar-refractivity contribution in [2.45, 2.75) is 45.1 Å². The average molecular weight is 290 g/mol. The van der Waals surface area contributed by atoms with Crippen molar-refractivity contribution >= 4 is 5.91 Å². The lowest BCUT2D eigenvalue weighted by Crippen LogP contribution is -2.46. The summed E-state index contributed by atoms with van der Waals surface area (Å²) in [5.74, 6) is 0.367. The Morgan fingerprint density at radius 3 is 2.95 bits per heavy atom. The number of benzene rings is 1. The Hall–Kier alpha value is -1.55. The van der Waals surface area contributed by atoms with Crippen LogP contribution in [-0.2, 0) is 11.2 Å². The van der Waals surface area contributed by atoms with E-state index < -0.39 is 0 Å². The lowest BCUT2D eigenvalue weighted by molar-refractivity contribution is -0.131. The van der Waals surface area contributed by atoms with Crippen molar-refractivity contribution in [2.75, 3.05) is 19.6 Å². The zero-order valence-corrected chi connectivity index (χ0v) is 12.8. The minimum Gasteiger partial charge on any atom is -0.508 e. The molecular formula is C17H26N2O2. The largest absolute Gasteiger partial charge is 0.508 e. The lowest BCUT2D eigenvalue weighted by Gasteiger charge is -2.30. The number of phenols is 1. The van der Waals surface area contributed by atoms with Gasteiger partial charge in [0.1, 0.15) is 5.75 Å². The predicted molar refractivity (Wildman–Crippen MR) is 84.3 cm³/mol. The highest BCUT2D eigenvalue weighted by molar-refractivity contribution is 5.79. The van der Waals surface area contributed by atoms with Gasteiger partial charge < -0.3 is 15.3 Å². The maximum atomic E-state index is 12.5. The average Bonchev–Trinajstić information content (AvgIpc) is 2.48. The van der Waals surface area contributed by atoms with E-state index in [0.29, 0.717) is 12.5 Å². The number of carbonyl (C=O) groups excluding carboxylic acids is 1. The number of piperidine rings is 1. The number of nitrogens with zero attached hydrogens (tertiary/aromatic N) is 1. The third kappa shape index (κ3) is 5.05. The van der Waals surface area contributed by atoms with E-state index in [0.717, 1.165) is 38.0 Å². The first-order valence-electron chi connectivity index (χ1n) is 7.98. The van der Waals surface area contributed by atoms with Gasteiger partial charge in [-0.05, 0) is 43.5 Å². The third-order valence-electron chi connectivity index (χ3n) is 3.97. The Morgan fingerprint density at radius 1 is 1.43 bits per heavy atom. The van der Waals surface area contributed by atoms with Gasteiger partial charge in [-0.15, -0.1) is 0 Å². The molecule has 1 aromatic carbocycles. The van der Waals surface area contributed by atoms with Crippen LogP contribution in [0, 0.1) is 0 Å². The van der Waals surface area contributed by atoms with Crippen LogP contribution in [0.25, 0.3) is 0 Å². The summed E-state index contributed by atoms with van der Waals surface area (Å²) in [5.41, 5.74) is 0.873. The molecule has 1 amide bonds. The van der Waals surface area contributed by atoms with Gasteiger partial charge in [0.25, 0.3) is 0 Å². The van der Waals surface area contributed by atoms with E-state index >= 15 is 0 Å². The fourth-order valence-electron chi connectivity index (χ4n) is 2.89. The summed E-state index contributed by atoms with van der Waals surface area (Å²) in [5, 5.41) is 13.0. The molecule has 1 aromatic rings. The Kier molecular flexibility index (Phi) is 6.05. The van der Waals surface area contributed by atoms with Crippen LogP contribution in [-0.4, -0.2) is 41.6 Å². The second kappa shape index (κ2) is 8.03. The van der Waals surface area contributed by atoms with E-state index in [1.807, 2.05) is 11.0 Å². The minimum atomic E-state index is 0.148. The van der Waals surface area contributed by atoms with Gasteiger partial charge in [-0.25, -0.2) is 0 Å².